The summed E-state index contributed by atoms with van der Waals surface area (Å²) < 4.78 is 0. The minimum atomic E-state index is -0.613. The third kappa shape index (κ3) is 3.88. The molecular formula is C43H38N6. The van der Waals surface area contributed by atoms with Gasteiger partial charge < -0.3 is 19.6 Å². The Morgan fingerprint density at radius 2 is 1.00 bits per heavy atom. The van der Waals surface area contributed by atoms with E-state index in [1.165, 1.54) is 22.5 Å². The number of para-hydroxylation sites is 6. The molecule has 0 N–H and O–H groups in total. The topological polar surface area (TPSA) is 38.7 Å². The Balaban J connectivity index is 1.43. The van der Waals surface area contributed by atoms with Crippen LogP contribution in [0.15, 0.2) is 159 Å². The van der Waals surface area contributed by atoms with Crippen LogP contribution in [0, 0.1) is 12.3 Å². The van der Waals surface area contributed by atoms with Gasteiger partial charge in [-0.1, -0.05) is 105 Å². The maximum atomic E-state index is 5.06. The van der Waals surface area contributed by atoms with E-state index in [-0.39, 0.29) is 12.3 Å². The van der Waals surface area contributed by atoms with Crippen molar-refractivity contribution in [2.75, 3.05) is 19.6 Å². The molecule has 0 saturated carbocycles. The van der Waals surface area contributed by atoms with Gasteiger partial charge in [-0.3, -0.25) is 0 Å². The third-order valence-electron chi connectivity index (χ3n) is 11.3. The Hall–Kier alpha value is -5.88. The largest absolute Gasteiger partial charge is 0.317 e. The van der Waals surface area contributed by atoms with E-state index in [1.54, 1.807) is 0 Å². The highest BCUT2D eigenvalue weighted by Crippen LogP contribution is 2.67. The van der Waals surface area contributed by atoms with Crippen molar-refractivity contribution in [3.63, 3.8) is 0 Å². The molecule has 0 aliphatic carbocycles. The first-order chi connectivity index (χ1) is 24.0. The highest BCUT2D eigenvalue weighted by Gasteiger charge is 2.68. The van der Waals surface area contributed by atoms with Gasteiger partial charge in [-0.2, -0.15) is 0 Å². The fraction of sp³-hybridized carbons (Fsp3) is 0.163. The number of aryl methyl sites for hydroxylation is 1. The minimum Gasteiger partial charge on any atom is -0.317 e. The normalized spacial score (nSPS) is 23.5. The van der Waals surface area contributed by atoms with Gasteiger partial charge in [0, 0.05) is 40.6 Å². The summed E-state index contributed by atoms with van der Waals surface area (Å²) in [5.41, 5.74) is 8.10. The summed E-state index contributed by atoms with van der Waals surface area (Å²) in [6.07, 6.45) is 5.34. The summed E-state index contributed by atoms with van der Waals surface area (Å²) in [5.74, 6) is 1.70. The average Bonchev–Trinajstić information content (AvgIpc) is 3.69. The molecule has 49 heavy (non-hydrogen) atoms. The van der Waals surface area contributed by atoms with Crippen LogP contribution in [0.3, 0.4) is 0 Å². The molecule has 0 saturated heterocycles. The summed E-state index contributed by atoms with van der Waals surface area (Å²) in [4.78, 5) is 20.1. The zero-order valence-corrected chi connectivity index (χ0v) is 28.0. The lowest BCUT2D eigenvalue weighted by molar-refractivity contribution is 0.111. The maximum Gasteiger partial charge on any atom is 0.178 e. The van der Waals surface area contributed by atoms with Crippen molar-refractivity contribution in [2.45, 2.75) is 38.5 Å². The van der Waals surface area contributed by atoms with Crippen molar-refractivity contribution in [1.82, 2.24) is 9.97 Å². The van der Waals surface area contributed by atoms with Crippen molar-refractivity contribution in [1.29, 1.82) is 0 Å². The van der Waals surface area contributed by atoms with E-state index in [1.807, 2.05) is 12.4 Å². The van der Waals surface area contributed by atoms with Crippen LogP contribution in [0.25, 0.3) is 0 Å². The second kappa shape index (κ2) is 10.8. The molecule has 0 fully saturated rings. The molecule has 5 aromatic carbocycles. The smallest absolute Gasteiger partial charge is 0.178 e. The summed E-state index contributed by atoms with van der Waals surface area (Å²) in [6, 6.07) is 47.9. The second-order valence-electron chi connectivity index (χ2n) is 13.6. The Kier molecular flexibility index (Phi) is 6.47. The Morgan fingerprint density at radius 1 is 0.531 bits per heavy atom. The second-order valence-corrected chi connectivity index (χ2v) is 13.6. The molecule has 0 spiro atoms. The Morgan fingerprint density at radius 3 is 1.61 bits per heavy atom. The molecule has 4 heterocycles. The van der Waals surface area contributed by atoms with E-state index in [4.69, 9.17) is 9.97 Å². The lowest BCUT2D eigenvalue weighted by atomic mass is 9.55. The number of benzene rings is 5. The average molecular weight is 639 g/mol. The standard InChI is InChI=1S/C43H38N6/c1-5-42(3)33-23-13-15-25-35(33)49-39-38(44-28-29-45-39)47(32-21-10-7-11-22-32)41(49)43(42,4)40-46(31-19-8-6-9-20-31)36-26-16-17-27-37(36)48(40)34-24-14-12-18-30(34)2/h5-29,40-41H,1H2,2-4H3. The van der Waals surface area contributed by atoms with Crippen molar-refractivity contribution >= 4 is 45.8 Å². The number of aromatic nitrogens is 2. The van der Waals surface area contributed by atoms with Gasteiger partial charge in [0.1, 0.15) is 12.3 Å². The van der Waals surface area contributed by atoms with Crippen LogP contribution in [0.5, 0.6) is 0 Å². The number of fused-ring (bicyclic) bond motifs is 6. The SMILES string of the molecule is C=CC1(C)c2ccccc2N2c3nccnc3N(c3ccccc3)C2C1(C)C1N(c2ccccc2)c2ccccc2N1c1ccccc1C. The van der Waals surface area contributed by atoms with E-state index < -0.39 is 10.8 Å². The van der Waals surface area contributed by atoms with Crippen LogP contribution in [-0.4, -0.2) is 22.3 Å². The van der Waals surface area contributed by atoms with Gasteiger partial charge in [-0.25, -0.2) is 9.97 Å². The first-order valence-electron chi connectivity index (χ1n) is 16.9. The van der Waals surface area contributed by atoms with Gasteiger partial charge in [0.25, 0.3) is 0 Å². The molecule has 6 aromatic rings. The molecule has 4 unspecified atom stereocenters. The summed E-state index contributed by atoms with van der Waals surface area (Å²) >= 11 is 0. The predicted octanol–water partition coefficient (Wildman–Crippen LogP) is 10.2. The van der Waals surface area contributed by atoms with Gasteiger partial charge in [-0.15, -0.1) is 6.58 Å². The first kappa shape index (κ1) is 29.3. The van der Waals surface area contributed by atoms with Crippen molar-refractivity contribution < 1.29 is 0 Å². The fourth-order valence-corrected chi connectivity index (χ4v) is 8.81. The molecule has 0 radical (unpaired) electrons. The highest BCUT2D eigenvalue weighted by atomic mass is 15.5. The summed E-state index contributed by atoms with van der Waals surface area (Å²) in [6.45, 7) is 11.7. The predicted molar refractivity (Wildman–Crippen MR) is 201 cm³/mol. The highest BCUT2D eigenvalue weighted by molar-refractivity contribution is 5.92. The van der Waals surface area contributed by atoms with Crippen molar-refractivity contribution in [3.05, 3.63) is 170 Å². The number of hydrogen-bond acceptors (Lipinski definition) is 6. The van der Waals surface area contributed by atoms with Gasteiger partial charge in [-0.05, 0) is 66.6 Å². The molecule has 3 aliphatic heterocycles. The lowest BCUT2D eigenvalue weighted by Gasteiger charge is -2.62. The van der Waals surface area contributed by atoms with Gasteiger partial charge >= 0.3 is 0 Å². The molecule has 1 aromatic heterocycles. The van der Waals surface area contributed by atoms with Gasteiger partial charge in [0.15, 0.2) is 11.6 Å². The third-order valence-corrected chi connectivity index (χ3v) is 11.3. The van der Waals surface area contributed by atoms with Crippen LogP contribution in [0.4, 0.5) is 45.8 Å². The number of nitrogens with zero attached hydrogens (tertiary/aromatic N) is 6. The van der Waals surface area contributed by atoms with Crippen LogP contribution < -0.4 is 19.6 Å². The first-order valence-corrected chi connectivity index (χ1v) is 16.9. The quantitative estimate of drug-likeness (QED) is 0.175. The van der Waals surface area contributed by atoms with Crippen molar-refractivity contribution in [3.8, 4) is 0 Å². The molecule has 4 atom stereocenters. The van der Waals surface area contributed by atoms with E-state index in [9.17, 15) is 0 Å². The van der Waals surface area contributed by atoms with Gasteiger partial charge in [0.05, 0.1) is 16.8 Å². The van der Waals surface area contributed by atoms with Crippen LogP contribution >= 0.6 is 0 Å². The summed E-state index contributed by atoms with van der Waals surface area (Å²) in [7, 11) is 0. The maximum absolute atomic E-state index is 5.06. The zero-order chi connectivity index (χ0) is 33.3. The Bertz CT molecular complexity index is 2200. The van der Waals surface area contributed by atoms with E-state index in [2.05, 4.69) is 186 Å². The molecule has 240 valence electrons. The van der Waals surface area contributed by atoms with E-state index >= 15 is 0 Å². The van der Waals surface area contributed by atoms with Crippen molar-refractivity contribution in [2.24, 2.45) is 5.41 Å². The molecule has 9 rings (SSSR count). The number of anilines is 8. The number of rotatable bonds is 5. The minimum absolute atomic E-state index is 0.224. The molecule has 6 heteroatoms. The van der Waals surface area contributed by atoms with Crippen LogP contribution in [0.1, 0.15) is 25.0 Å². The van der Waals surface area contributed by atoms with E-state index in [0.717, 1.165) is 34.4 Å². The molecule has 3 aliphatic rings. The van der Waals surface area contributed by atoms with E-state index in [0.29, 0.717) is 0 Å². The van der Waals surface area contributed by atoms with Crippen LogP contribution in [0.2, 0.25) is 0 Å². The van der Waals surface area contributed by atoms with Gasteiger partial charge in [0.2, 0.25) is 0 Å². The summed E-state index contributed by atoms with van der Waals surface area (Å²) in [5, 5.41) is 0. The molecule has 0 amide bonds. The molecule has 0 bridgehead atoms. The monoisotopic (exact) mass is 638 g/mol. The lowest BCUT2D eigenvalue weighted by Crippen LogP contribution is -2.71. The zero-order valence-electron chi connectivity index (χ0n) is 28.0. The Labute approximate surface area is 288 Å². The van der Waals surface area contributed by atoms with Crippen LogP contribution in [-0.2, 0) is 5.41 Å². The fourth-order valence-electron chi connectivity index (χ4n) is 8.81. The number of allylic oxidation sites excluding steroid dienone is 1. The molecular weight excluding hydrogens is 601 g/mol. The number of hydrogen-bond donors (Lipinski definition) is 0. The molecule has 6 nitrogen and oxygen atoms in total.